The third-order valence-corrected chi connectivity index (χ3v) is 5.29. The molecule has 0 saturated heterocycles. The van der Waals surface area contributed by atoms with Crippen molar-refractivity contribution >= 4 is 39.0 Å². The van der Waals surface area contributed by atoms with E-state index in [1.54, 1.807) is 31.0 Å². The van der Waals surface area contributed by atoms with Gasteiger partial charge in [-0.3, -0.25) is 10.1 Å². The Bertz CT molecular complexity index is 833. The molecule has 0 atom stereocenters. The number of thiazole rings is 1. The number of aromatic nitrogens is 1. The highest BCUT2D eigenvalue weighted by molar-refractivity contribution is 8.00. The second kappa shape index (κ2) is 6.33. The van der Waals surface area contributed by atoms with Gasteiger partial charge in [-0.15, -0.1) is 11.3 Å². The van der Waals surface area contributed by atoms with Crippen LogP contribution in [0, 0.1) is 10.1 Å². The molecule has 0 aliphatic rings. The summed E-state index contributed by atoms with van der Waals surface area (Å²) < 4.78 is 6.94. The molecule has 0 amide bonds. The van der Waals surface area contributed by atoms with Gasteiger partial charge in [-0.25, -0.2) is 4.98 Å². The minimum absolute atomic E-state index is 0.0977. The van der Waals surface area contributed by atoms with Gasteiger partial charge in [-0.2, -0.15) is 0 Å². The van der Waals surface area contributed by atoms with E-state index in [-0.39, 0.29) is 10.6 Å². The van der Waals surface area contributed by atoms with Gasteiger partial charge in [-0.05, 0) is 23.8 Å². The summed E-state index contributed by atoms with van der Waals surface area (Å²) in [5.74, 6) is 1.61. The van der Waals surface area contributed by atoms with E-state index in [1.165, 1.54) is 17.4 Å². The molecule has 1 aromatic heterocycles. The number of nitro benzene ring substituents is 1. The standard InChI is InChI=1S/C15H12N2O3S2/c1-20-12-4-2-3-10(7-12)9-21-15-16-13-6-5-11(17(18)19)8-14(13)22-15/h2-8H,9H2,1H3. The lowest BCUT2D eigenvalue weighted by molar-refractivity contribution is -0.384. The lowest BCUT2D eigenvalue weighted by Gasteiger charge is -2.02. The van der Waals surface area contributed by atoms with Crippen LogP contribution in [0.1, 0.15) is 5.56 Å². The van der Waals surface area contributed by atoms with E-state index < -0.39 is 0 Å². The maximum atomic E-state index is 10.8. The smallest absolute Gasteiger partial charge is 0.270 e. The second-order valence-electron chi connectivity index (χ2n) is 4.53. The zero-order chi connectivity index (χ0) is 15.5. The highest BCUT2D eigenvalue weighted by Crippen LogP contribution is 2.33. The molecule has 0 unspecified atom stereocenters. The zero-order valence-electron chi connectivity index (χ0n) is 11.7. The van der Waals surface area contributed by atoms with Crippen molar-refractivity contribution in [3.8, 4) is 5.75 Å². The van der Waals surface area contributed by atoms with Gasteiger partial charge in [0.25, 0.3) is 5.69 Å². The summed E-state index contributed by atoms with van der Waals surface area (Å²) in [6.07, 6.45) is 0. The summed E-state index contributed by atoms with van der Waals surface area (Å²) >= 11 is 3.09. The van der Waals surface area contributed by atoms with Gasteiger partial charge in [0.05, 0.1) is 22.2 Å². The first-order chi connectivity index (χ1) is 10.7. The number of nitrogens with zero attached hydrogens (tertiary/aromatic N) is 2. The van der Waals surface area contributed by atoms with Crippen molar-refractivity contribution in [2.75, 3.05) is 7.11 Å². The van der Waals surface area contributed by atoms with Crippen LogP contribution in [0.5, 0.6) is 5.75 Å². The van der Waals surface area contributed by atoms with Gasteiger partial charge in [0, 0.05) is 17.9 Å². The monoisotopic (exact) mass is 332 g/mol. The van der Waals surface area contributed by atoms with Crippen LogP contribution in [-0.4, -0.2) is 17.0 Å². The van der Waals surface area contributed by atoms with E-state index in [2.05, 4.69) is 4.98 Å². The lowest BCUT2D eigenvalue weighted by atomic mass is 10.2. The minimum Gasteiger partial charge on any atom is -0.497 e. The van der Waals surface area contributed by atoms with E-state index >= 15 is 0 Å². The Morgan fingerprint density at radius 1 is 1.32 bits per heavy atom. The van der Waals surface area contributed by atoms with E-state index in [0.29, 0.717) is 0 Å². The van der Waals surface area contributed by atoms with E-state index in [0.717, 1.165) is 31.6 Å². The molecule has 22 heavy (non-hydrogen) atoms. The van der Waals surface area contributed by atoms with Crippen molar-refractivity contribution in [3.63, 3.8) is 0 Å². The molecule has 2 aromatic carbocycles. The van der Waals surface area contributed by atoms with Crippen LogP contribution in [0.25, 0.3) is 10.2 Å². The number of rotatable bonds is 5. The van der Waals surface area contributed by atoms with Crippen molar-refractivity contribution in [1.82, 2.24) is 4.98 Å². The largest absolute Gasteiger partial charge is 0.497 e. The Kier molecular flexibility index (Phi) is 4.26. The van der Waals surface area contributed by atoms with Gasteiger partial charge < -0.3 is 4.74 Å². The number of nitro groups is 1. The molecule has 0 radical (unpaired) electrons. The van der Waals surface area contributed by atoms with Crippen LogP contribution in [0.2, 0.25) is 0 Å². The number of hydrogen-bond donors (Lipinski definition) is 0. The molecule has 0 aliphatic carbocycles. The molecule has 1 heterocycles. The maximum absolute atomic E-state index is 10.8. The summed E-state index contributed by atoms with van der Waals surface area (Å²) in [4.78, 5) is 14.9. The maximum Gasteiger partial charge on any atom is 0.270 e. The van der Waals surface area contributed by atoms with E-state index in [4.69, 9.17) is 4.74 Å². The molecule has 0 bridgehead atoms. The van der Waals surface area contributed by atoms with Gasteiger partial charge in [0.2, 0.25) is 0 Å². The quantitative estimate of drug-likeness (QED) is 0.391. The summed E-state index contributed by atoms with van der Waals surface area (Å²) in [5.41, 5.74) is 2.04. The fraction of sp³-hybridized carbons (Fsp3) is 0.133. The minimum atomic E-state index is -0.387. The lowest BCUT2D eigenvalue weighted by Crippen LogP contribution is -1.86. The third-order valence-electron chi connectivity index (χ3n) is 3.06. The van der Waals surface area contributed by atoms with Gasteiger partial charge >= 0.3 is 0 Å². The zero-order valence-corrected chi connectivity index (χ0v) is 13.3. The first-order valence-corrected chi connectivity index (χ1v) is 8.26. The normalized spacial score (nSPS) is 10.8. The Labute approximate surface area is 135 Å². The summed E-state index contributed by atoms with van der Waals surface area (Å²) in [5, 5.41) is 10.8. The predicted octanol–water partition coefficient (Wildman–Crippen LogP) is 4.51. The first-order valence-electron chi connectivity index (χ1n) is 6.46. The fourth-order valence-corrected chi connectivity index (χ4v) is 4.02. The summed E-state index contributed by atoms with van der Waals surface area (Å²) in [6, 6.07) is 12.6. The molecule has 0 N–H and O–H groups in total. The second-order valence-corrected chi connectivity index (χ2v) is 6.78. The Hall–Kier alpha value is -2.12. The number of hydrogen-bond acceptors (Lipinski definition) is 6. The van der Waals surface area contributed by atoms with E-state index in [9.17, 15) is 10.1 Å². The molecule has 3 aromatic rings. The highest BCUT2D eigenvalue weighted by Gasteiger charge is 2.10. The number of methoxy groups -OCH3 is 1. The molecule has 3 rings (SSSR count). The van der Waals surface area contributed by atoms with Gasteiger partial charge in [-0.1, -0.05) is 23.9 Å². The Morgan fingerprint density at radius 2 is 2.18 bits per heavy atom. The molecule has 0 saturated carbocycles. The van der Waals surface area contributed by atoms with Crippen LogP contribution in [0.3, 0.4) is 0 Å². The topological polar surface area (TPSA) is 65.3 Å². The highest BCUT2D eigenvalue weighted by atomic mass is 32.2. The Morgan fingerprint density at radius 3 is 2.95 bits per heavy atom. The van der Waals surface area contributed by atoms with Crippen LogP contribution in [-0.2, 0) is 5.75 Å². The first kappa shape index (κ1) is 14.8. The van der Waals surface area contributed by atoms with Crippen LogP contribution < -0.4 is 4.74 Å². The molecular formula is C15H12N2O3S2. The van der Waals surface area contributed by atoms with Crippen LogP contribution >= 0.6 is 23.1 Å². The number of ether oxygens (including phenoxy) is 1. The average molecular weight is 332 g/mol. The van der Waals surface area contributed by atoms with Crippen molar-refractivity contribution in [3.05, 3.63) is 58.1 Å². The SMILES string of the molecule is COc1cccc(CSc2nc3ccc([N+](=O)[O-])cc3s2)c1. The summed E-state index contributed by atoms with van der Waals surface area (Å²) in [7, 11) is 1.65. The Balaban J connectivity index is 1.77. The number of fused-ring (bicyclic) bond motifs is 1. The fourth-order valence-electron chi connectivity index (χ4n) is 1.97. The third kappa shape index (κ3) is 3.20. The van der Waals surface area contributed by atoms with Crippen molar-refractivity contribution in [2.24, 2.45) is 0 Å². The van der Waals surface area contributed by atoms with Gasteiger partial charge in [0.15, 0.2) is 4.34 Å². The molecule has 0 aliphatic heterocycles. The van der Waals surface area contributed by atoms with Crippen molar-refractivity contribution in [2.45, 2.75) is 10.1 Å². The van der Waals surface area contributed by atoms with Crippen molar-refractivity contribution < 1.29 is 9.66 Å². The summed E-state index contributed by atoms with van der Waals surface area (Å²) in [6.45, 7) is 0. The van der Waals surface area contributed by atoms with Gasteiger partial charge in [0.1, 0.15) is 5.75 Å². The molecule has 5 nitrogen and oxygen atoms in total. The van der Waals surface area contributed by atoms with Crippen LogP contribution in [0.15, 0.2) is 46.8 Å². The van der Waals surface area contributed by atoms with E-state index in [1.807, 2.05) is 24.3 Å². The molecule has 7 heteroatoms. The predicted molar refractivity (Wildman–Crippen MR) is 88.8 cm³/mol. The van der Waals surface area contributed by atoms with Crippen LogP contribution in [0.4, 0.5) is 5.69 Å². The average Bonchev–Trinajstić information content (AvgIpc) is 2.95. The number of thioether (sulfide) groups is 1. The molecule has 0 fully saturated rings. The van der Waals surface area contributed by atoms with Crippen molar-refractivity contribution in [1.29, 1.82) is 0 Å². The molecule has 0 spiro atoms. The number of non-ortho nitro benzene ring substituents is 1. The molecular weight excluding hydrogens is 320 g/mol. The molecule has 112 valence electrons. The number of benzene rings is 2.